The van der Waals surface area contributed by atoms with E-state index in [0.29, 0.717) is 25.9 Å². The van der Waals surface area contributed by atoms with E-state index in [1.54, 1.807) is 16.2 Å². The summed E-state index contributed by atoms with van der Waals surface area (Å²) < 4.78 is 0. The van der Waals surface area contributed by atoms with Crippen LogP contribution in [0, 0.1) is 5.41 Å². The standard InChI is InChI=1S/C12H13NO3S/c14-10(12(3-4-12)11(15)16)13-5-1-9-8(7-13)2-6-17-9/h2,6H,1,3-5,7H2,(H,15,16). The first-order chi connectivity index (χ1) is 8.13. The van der Waals surface area contributed by atoms with E-state index >= 15 is 0 Å². The summed E-state index contributed by atoms with van der Waals surface area (Å²) in [5.74, 6) is -1.15. The SMILES string of the molecule is O=C(O)C1(C(=O)N2CCc3sccc3C2)CC1. The van der Waals surface area contributed by atoms with E-state index in [0.717, 1.165) is 6.42 Å². The molecule has 2 heterocycles. The number of hydrogen-bond acceptors (Lipinski definition) is 3. The number of carboxylic acid groups (broad SMARTS) is 1. The molecule has 1 saturated carbocycles. The molecule has 4 nitrogen and oxygen atoms in total. The molecule has 0 bridgehead atoms. The molecule has 0 aromatic carbocycles. The molecule has 0 unspecified atom stereocenters. The van der Waals surface area contributed by atoms with Crippen molar-refractivity contribution in [3.63, 3.8) is 0 Å². The van der Waals surface area contributed by atoms with Gasteiger partial charge in [-0.2, -0.15) is 0 Å². The van der Waals surface area contributed by atoms with Crippen molar-refractivity contribution in [1.29, 1.82) is 0 Å². The Labute approximate surface area is 103 Å². The van der Waals surface area contributed by atoms with Crippen LogP contribution < -0.4 is 0 Å². The van der Waals surface area contributed by atoms with Gasteiger partial charge >= 0.3 is 5.97 Å². The topological polar surface area (TPSA) is 57.6 Å². The number of rotatable bonds is 2. The van der Waals surface area contributed by atoms with Crippen LogP contribution in [0.1, 0.15) is 23.3 Å². The van der Waals surface area contributed by atoms with Crippen LogP contribution in [0.3, 0.4) is 0 Å². The molecule has 0 spiro atoms. The fourth-order valence-corrected chi connectivity index (χ4v) is 3.26. The Hall–Kier alpha value is -1.36. The van der Waals surface area contributed by atoms with E-state index in [-0.39, 0.29) is 5.91 Å². The Morgan fingerprint density at radius 1 is 1.41 bits per heavy atom. The minimum Gasteiger partial charge on any atom is -0.480 e. The lowest BCUT2D eigenvalue weighted by molar-refractivity contribution is -0.153. The van der Waals surface area contributed by atoms with Crippen molar-refractivity contribution in [3.05, 3.63) is 21.9 Å². The van der Waals surface area contributed by atoms with Crippen LogP contribution in [0.15, 0.2) is 11.4 Å². The molecule has 2 aliphatic rings. The monoisotopic (exact) mass is 251 g/mol. The molecule has 0 atom stereocenters. The molecule has 3 rings (SSSR count). The highest BCUT2D eigenvalue weighted by atomic mass is 32.1. The van der Waals surface area contributed by atoms with E-state index in [9.17, 15) is 9.59 Å². The second-order valence-electron chi connectivity index (χ2n) is 4.73. The molecule has 17 heavy (non-hydrogen) atoms. The Morgan fingerprint density at radius 2 is 2.18 bits per heavy atom. The van der Waals surface area contributed by atoms with Crippen molar-refractivity contribution in [1.82, 2.24) is 4.90 Å². The summed E-state index contributed by atoms with van der Waals surface area (Å²) >= 11 is 1.71. The molecular formula is C12H13NO3S. The van der Waals surface area contributed by atoms with E-state index in [1.807, 2.05) is 11.4 Å². The molecule has 0 radical (unpaired) electrons. The molecule has 90 valence electrons. The zero-order chi connectivity index (χ0) is 12.0. The van der Waals surface area contributed by atoms with Gasteiger partial charge in [0.05, 0.1) is 0 Å². The second-order valence-corrected chi connectivity index (χ2v) is 5.73. The third kappa shape index (κ3) is 1.57. The summed E-state index contributed by atoms with van der Waals surface area (Å²) in [6.07, 6.45) is 1.84. The summed E-state index contributed by atoms with van der Waals surface area (Å²) in [6.45, 7) is 1.23. The number of aliphatic carboxylic acids is 1. The van der Waals surface area contributed by atoms with Crippen LogP contribution in [0.25, 0.3) is 0 Å². The van der Waals surface area contributed by atoms with Gasteiger partial charge in [0.15, 0.2) is 0 Å². The first-order valence-electron chi connectivity index (χ1n) is 5.71. The summed E-state index contributed by atoms with van der Waals surface area (Å²) in [5.41, 5.74) is 0.0869. The Balaban J connectivity index is 1.79. The predicted octanol–water partition coefficient (Wildman–Crippen LogP) is 1.50. The lowest BCUT2D eigenvalue weighted by Crippen LogP contribution is -2.43. The van der Waals surface area contributed by atoms with Gasteiger partial charge in [-0.25, -0.2) is 0 Å². The Kier molecular flexibility index (Phi) is 2.26. The maximum Gasteiger partial charge on any atom is 0.319 e. The molecular weight excluding hydrogens is 238 g/mol. The van der Waals surface area contributed by atoms with Crippen LogP contribution in [0.2, 0.25) is 0 Å². The van der Waals surface area contributed by atoms with Gasteiger partial charge < -0.3 is 10.0 Å². The lowest BCUT2D eigenvalue weighted by atomic mass is 10.0. The smallest absolute Gasteiger partial charge is 0.319 e. The fourth-order valence-electron chi connectivity index (χ4n) is 2.37. The normalized spacial score (nSPS) is 20.8. The van der Waals surface area contributed by atoms with E-state index in [4.69, 9.17) is 5.11 Å². The maximum absolute atomic E-state index is 12.2. The van der Waals surface area contributed by atoms with Crippen LogP contribution in [0.5, 0.6) is 0 Å². The molecule has 1 aliphatic carbocycles. The van der Waals surface area contributed by atoms with Crippen molar-refractivity contribution in [2.75, 3.05) is 6.54 Å². The predicted molar refractivity (Wildman–Crippen MR) is 62.7 cm³/mol. The summed E-state index contributed by atoms with van der Waals surface area (Å²) in [6, 6.07) is 2.03. The molecule has 1 N–H and O–H groups in total. The highest BCUT2D eigenvalue weighted by Gasteiger charge is 2.58. The number of carboxylic acids is 1. The van der Waals surface area contributed by atoms with Crippen molar-refractivity contribution < 1.29 is 14.7 Å². The van der Waals surface area contributed by atoms with Crippen molar-refractivity contribution in [2.24, 2.45) is 5.41 Å². The minimum atomic E-state index is -1.09. The van der Waals surface area contributed by atoms with Crippen molar-refractivity contribution in [2.45, 2.75) is 25.8 Å². The van der Waals surface area contributed by atoms with Gasteiger partial charge in [-0.05, 0) is 36.3 Å². The molecule has 1 fully saturated rings. The molecule has 0 saturated heterocycles. The Bertz CT molecular complexity index is 490. The molecule has 5 heteroatoms. The number of amides is 1. The average Bonchev–Trinajstić information content (AvgIpc) is 3.00. The second kappa shape index (κ2) is 3.57. The number of hydrogen-bond donors (Lipinski definition) is 1. The van der Waals surface area contributed by atoms with Gasteiger partial charge in [-0.1, -0.05) is 0 Å². The van der Waals surface area contributed by atoms with Crippen LogP contribution >= 0.6 is 11.3 Å². The lowest BCUT2D eigenvalue weighted by Gasteiger charge is -2.29. The molecule has 1 aromatic heterocycles. The van der Waals surface area contributed by atoms with E-state index in [1.165, 1.54) is 10.4 Å². The first kappa shape index (κ1) is 10.8. The fraction of sp³-hybridized carbons (Fsp3) is 0.500. The zero-order valence-corrected chi connectivity index (χ0v) is 10.1. The summed E-state index contributed by atoms with van der Waals surface area (Å²) in [7, 11) is 0. The zero-order valence-electron chi connectivity index (χ0n) is 9.31. The van der Waals surface area contributed by atoms with Crippen molar-refractivity contribution >= 4 is 23.2 Å². The molecule has 1 aliphatic heterocycles. The Morgan fingerprint density at radius 3 is 2.82 bits per heavy atom. The summed E-state index contributed by atoms with van der Waals surface area (Å²) in [4.78, 5) is 26.4. The number of carbonyl (C=O) groups excluding carboxylic acids is 1. The van der Waals surface area contributed by atoms with Gasteiger partial charge in [-0.3, -0.25) is 9.59 Å². The van der Waals surface area contributed by atoms with E-state index in [2.05, 4.69) is 0 Å². The number of carbonyl (C=O) groups is 2. The van der Waals surface area contributed by atoms with Crippen molar-refractivity contribution in [3.8, 4) is 0 Å². The number of thiophene rings is 1. The third-order valence-electron chi connectivity index (χ3n) is 3.66. The third-order valence-corrected chi connectivity index (χ3v) is 4.69. The average molecular weight is 251 g/mol. The van der Waals surface area contributed by atoms with Crippen LogP contribution in [-0.2, 0) is 22.6 Å². The van der Waals surface area contributed by atoms with Crippen LogP contribution in [-0.4, -0.2) is 28.4 Å². The summed E-state index contributed by atoms with van der Waals surface area (Å²) in [5, 5.41) is 11.1. The maximum atomic E-state index is 12.2. The van der Waals surface area contributed by atoms with E-state index < -0.39 is 11.4 Å². The highest BCUT2D eigenvalue weighted by molar-refractivity contribution is 7.10. The number of fused-ring (bicyclic) bond motifs is 1. The largest absolute Gasteiger partial charge is 0.480 e. The highest BCUT2D eigenvalue weighted by Crippen LogP contribution is 2.48. The molecule has 1 aromatic rings. The number of nitrogens with zero attached hydrogens (tertiary/aromatic N) is 1. The molecule has 1 amide bonds. The van der Waals surface area contributed by atoms with Gasteiger partial charge in [0, 0.05) is 18.0 Å². The van der Waals surface area contributed by atoms with Gasteiger partial charge in [-0.15, -0.1) is 11.3 Å². The van der Waals surface area contributed by atoms with Crippen LogP contribution in [0.4, 0.5) is 0 Å². The van der Waals surface area contributed by atoms with Gasteiger partial charge in [0.1, 0.15) is 5.41 Å². The van der Waals surface area contributed by atoms with Gasteiger partial charge in [0.2, 0.25) is 5.91 Å². The van der Waals surface area contributed by atoms with Gasteiger partial charge in [0.25, 0.3) is 0 Å². The minimum absolute atomic E-state index is 0.193. The quantitative estimate of drug-likeness (QED) is 0.810. The first-order valence-corrected chi connectivity index (χ1v) is 6.59.